The molecule has 98 valence electrons. The smallest absolute Gasteiger partial charge is 0.224 e. The summed E-state index contributed by atoms with van der Waals surface area (Å²) in [5, 5.41) is 6.62. The Morgan fingerprint density at radius 3 is 2.71 bits per heavy atom. The van der Waals surface area contributed by atoms with Crippen LogP contribution in [0.2, 0.25) is 0 Å². The minimum Gasteiger partial charge on any atom is -0.353 e. The van der Waals surface area contributed by atoms with Gasteiger partial charge in [-0.3, -0.25) is 4.79 Å². The predicted molar refractivity (Wildman–Crippen MR) is 69.8 cm³/mol. The lowest BCUT2D eigenvalue weighted by molar-refractivity contribution is -0.126. The normalized spacial score (nSPS) is 35.0. The molecule has 1 aliphatic heterocycles. The van der Waals surface area contributed by atoms with Gasteiger partial charge in [0.2, 0.25) is 5.91 Å². The molecule has 17 heavy (non-hydrogen) atoms. The molecule has 1 heterocycles. The molecule has 3 heteroatoms. The Morgan fingerprint density at radius 1 is 1.12 bits per heavy atom. The molecule has 0 aromatic rings. The zero-order chi connectivity index (χ0) is 12.1. The number of hydrogen-bond donors (Lipinski definition) is 2. The predicted octanol–water partition coefficient (Wildman–Crippen LogP) is 2.07. The quantitative estimate of drug-likeness (QED) is 0.723. The largest absolute Gasteiger partial charge is 0.353 e. The third kappa shape index (κ3) is 3.70. The van der Waals surface area contributed by atoms with Crippen molar-refractivity contribution in [2.75, 3.05) is 13.1 Å². The monoisotopic (exact) mass is 238 g/mol. The fourth-order valence-electron chi connectivity index (χ4n) is 3.08. The molecule has 0 aromatic heterocycles. The Balaban J connectivity index is 1.83. The zero-order valence-corrected chi connectivity index (χ0v) is 11.0. The molecule has 2 fully saturated rings. The van der Waals surface area contributed by atoms with E-state index in [1.807, 2.05) is 0 Å². The van der Waals surface area contributed by atoms with Crippen molar-refractivity contribution in [1.82, 2.24) is 10.6 Å². The summed E-state index contributed by atoms with van der Waals surface area (Å²) in [5.74, 6) is 1.15. The molecule has 2 rings (SSSR count). The average molecular weight is 238 g/mol. The number of piperidine rings is 1. The Kier molecular flexibility index (Phi) is 4.84. The highest BCUT2D eigenvalue weighted by molar-refractivity contribution is 5.79. The van der Waals surface area contributed by atoms with Crippen LogP contribution in [0.3, 0.4) is 0 Å². The summed E-state index contributed by atoms with van der Waals surface area (Å²) in [6.45, 7) is 4.23. The van der Waals surface area contributed by atoms with Gasteiger partial charge in [-0.15, -0.1) is 0 Å². The topological polar surface area (TPSA) is 41.1 Å². The van der Waals surface area contributed by atoms with Crippen molar-refractivity contribution < 1.29 is 4.79 Å². The van der Waals surface area contributed by atoms with Gasteiger partial charge >= 0.3 is 0 Å². The molecule has 1 saturated heterocycles. The summed E-state index contributed by atoms with van der Waals surface area (Å²) in [6, 6.07) is 0.423. The summed E-state index contributed by atoms with van der Waals surface area (Å²) in [4.78, 5) is 12.2. The lowest BCUT2D eigenvalue weighted by atomic mass is 9.94. The number of nitrogens with one attached hydrogen (secondary N) is 2. The Morgan fingerprint density at radius 2 is 1.94 bits per heavy atom. The second-order valence-electron chi connectivity index (χ2n) is 5.77. The number of carbonyl (C=O) groups excluding carboxylic acids is 1. The molecule has 0 spiro atoms. The maximum atomic E-state index is 12.2. The molecule has 2 N–H and O–H groups in total. The van der Waals surface area contributed by atoms with Crippen LogP contribution in [0.15, 0.2) is 0 Å². The lowest BCUT2D eigenvalue weighted by Crippen LogP contribution is -2.46. The molecule has 3 nitrogen and oxygen atoms in total. The average Bonchev–Trinajstić information content (AvgIpc) is 2.56. The van der Waals surface area contributed by atoms with Gasteiger partial charge in [0.1, 0.15) is 0 Å². The standard InChI is InChI=1S/C14H26N2O/c1-11-6-3-2-4-8-13(11)16-14(17)12-7-5-9-15-10-12/h11-13,15H,2-10H2,1H3,(H,16,17)/t11?,12-,13?/m1/s1. The van der Waals surface area contributed by atoms with Gasteiger partial charge in [0.05, 0.1) is 5.92 Å². The van der Waals surface area contributed by atoms with Crippen molar-refractivity contribution >= 4 is 5.91 Å². The Labute approximate surface area is 105 Å². The number of carbonyl (C=O) groups is 1. The van der Waals surface area contributed by atoms with E-state index in [-0.39, 0.29) is 11.8 Å². The van der Waals surface area contributed by atoms with Crippen LogP contribution >= 0.6 is 0 Å². The molecule has 3 atom stereocenters. The van der Waals surface area contributed by atoms with Gasteiger partial charge in [-0.2, -0.15) is 0 Å². The summed E-state index contributed by atoms with van der Waals surface area (Å²) in [5.41, 5.74) is 0. The third-order valence-electron chi connectivity index (χ3n) is 4.36. The highest BCUT2D eigenvalue weighted by atomic mass is 16.2. The van der Waals surface area contributed by atoms with E-state index in [0.29, 0.717) is 12.0 Å². The molecule has 0 bridgehead atoms. The van der Waals surface area contributed by atoms with Gasteiger partial charge < -0.3 is 10.6 Å². The summed E-state index contributed by atoms with van der Waals surface area (Å²) in [7, 11) is 0. The van der Waals surface area contributed by atoms with E-state index in [9.17, 15) is 4.79 Å². The van der Waals surface area contributed by atoms with Crippen LogP contribution in [0, 0.1) is 11.8 Å². The van der Waals surface area contributed by atoms with Gasteiger partial charge in [0.25, 0.3) is 0 Å². The first kappa shape index (κ1) is 12.9. The SMILES string of the molecule is CC1CCCCCC1NC(=O)[C@@H]1CCCNC1. The van der Waals surface area contributed by atoms with E-state index >= 15 is 0 Å². The fraction of sp³-hybridized carbons (Fsp3) is 0.929. The van der Waals surface area contributed by atoms with Gasteiger partial charge in [0, 0.05) is 12.6 Å². The first-order valence-electron chi connectivity index (χ1n) is 7.28. The van der Waals surface area contributed by atoms with E-state index in [2.05, 4.69) is 17.6 Å². The van der Waals surface area contributed by atoms with Gasteiger partial charge in [0.15, 0.2) is 0 Å². The van der Waals surface area contributed by atoms with E-state index in [1.54, 1.807) is 0 Å². The summed E-state index contributed by atoms with van der Waals surface area (Å²) < 4.78 is 0. The first-order chi connectivity index (χ1) is 8.27. The zero-order valence-electron chi connectivity index (χ0n) is 11.0. The number of hydrogen-bond acceptors (Lipinski definition) is 2. The minimum absolute atomic E-state index is 0.208. The van der Waals surface area contributed by atoms with Gasteiger partial charge in [-0.25, -0.2) is 0 Å². The molecular formula is C14H26N2O. The van der Waals surface area contributed by atoms with Crippen molar-refractivity contribution in [3.8, 4) is 0 Å². The summed E-state index contributed by atoms with van der Waals surface area (Å²) in [6.07, 6.45) is 8.58. The molecule has 2 unspecified atom stereocenters. The van der Waals surface area contributed by atoms with Crippen molar-refractivity contribution in [3.63, 3.8) is 0 Å². The van der Waals surface area contributed by atoms with E-state index in [4.69, 9.17) is 0 Å². The van der Waals surface area contributed by atoms with E-state index in [1.165, 1.54) is 32.1 Å². The molecule has 1 aliphatic carbocycles. The van der Waals surface area contributed by atoms with Crippen LogP contribution in [0.25, 0.3) is 0 Å². The molecule has 1 amide bonds. The van der Waals surface area contributed by atoms with E-state index in [0.717, 1.165) is 25.9 Å². The van der Waals surface area contributed by atoms with Crippen LogP contribution in [0.5, 0.6) is 0 Å². The van der Waals surface area contributed by atoms with Crippen molar-refractivity contribution in [3.05, 3.63) is 0 Å². The maximum Gasteiger partial charge on any atom is 0.224 e. The van der Waals surface area contributed by atoms with E-state index < -0.39 is 0 Å². The van der Waals surface area contributed by atoms with Crippen molar-refractivity contribution in [2.24, 2.45) is 11.8 Å². The first-order valence-corrected chi connectivity index (χ1v) is 7.28. The minimum atomic E-state index is 0.208. The van der Waals surface area contributed by atoms with Crippen LogP contribution in [-0.2, 0) is 4.79 Å². The molecule has 2 aliphatic rings. The number of rotatable bonds is 2. The number of amides is 1. The van der Waals surface area contributed by atoms with Crippen molar-refractivity contribution in [2.45, 2.75) is 57.9 Å². The molecule has 0 aromatic carbocycles. The third-order valence-corrected chi connectivity index (χ3v) is 4.36. The van der Waals surface area contributed by atoms with Crippen LogP contribution < -0.4 is 10.6 Å². The van der Waals surface area contributed by atoms with Gasteiger partial charge in [-0.05, 0) is 38.1 Å². The molecular weight excluding hydrogens is 212 g/mol. The Hall–Kier alpha value is -0.570. The fourth-order valence-corrected chi connectivity index (χ4v) is 3.08. The van der Waals surface area contributed by atoms with Crippen LogP contribution in [-0.4, -0.2) is 25.0 Å². The Bertz CT molecular complexity index is 249. The lowest BCUT2D eigenvalue weighted by Gasteiger charge is -2.27. The molecule has 0 radical (unpaired) electrons. The summed E-state index contributed by atoms with van der Waals surface area (Å²) >= 11 is 0. The van der Waals surface area contributed by atoms with Crippen LogP contribution in [0.4, 0.5) is 0 Å². The van der Waals surface area contributed by atoms with Crippen LogP contribution in [0.1, 0.15) is 51.9 Å². The van der Waals surface area contributed by atoms with Crippen molar-refractivity contribution in [1.29, 1.82) is 0 Å². The highest BCUT2D eigenvalue weighted by Gasteiger charge is 2.26. The van der Waals surface area contributed by atoms with Gasteiger partial charge in [-0.1, -0.05) is 26.2 Å². The maximum absolute atomic E-state index is 12.2. The second-order valence-corrected chi connectivity index (χ2v) is 5.77. The molecule has 1 saturated carbocycles. The second kappa shape index (κ2) is 6.39. The highest BCUT2D eigenvalue weighted by Crippen LogP contribution is 2.23.